The van der Waals surface area contributed by atoms with Gasteiger partial charge >= 0.3 is 6.18 Å². The number of amides is 2. The number of nitrogens with one attached hydrogen (secondary N) is 2. The van der Waals surface area contributed by atoms with E-state index in [-0.39, 0.29) is 17.7 Å². The average molecular weight is 644 g/mol. The van der Waals surface area contributed by atoms with Crippen molar-refractivity contribution in [2.75, 3.05) is 23.6 Å². The Morgan fingerprint density at radius 3 is 1.98 bits per heavy atom. The van der Waals surface area contributed by atoms with E-state index < -0.39 is 50.9 Å². The third kappa shape index (κ3) is 7.94. The number of sulfonamides is 1. The van der Waals surface area contributed by atoms with Crippen LogP contribution in [0.15, 0.2) is 66.7 Å². The van der Waals surface area contributed by atoms with Crippen LogP contribution in [0.25, 0.3) is 0 Å². The number of likely N-dealkylation sites (tertiary alicyclic amines) is 1. The Morgan fingerprint density at radius 1 is 0.976 bits per heavy atom. The number of carbonyl (C=O) groups is 2. The highest BCUT2D eigenvalue weighted by atomic mass is 35.5. The van der Waals surface area contributed by atoms with E-state index in [1.54, 1.807) is 24.3 Å². The Labute approximate surface area is 251 Å². The lowest BCUT2D eigenvalue weighted by Crippen LogP contribution is -2.51. The number of rotatable bonds is 10. The van der Waals surface area contributed by atoms with E-state index in [1.165, 1.54) is 6.92 Å². The maximum Gasteiger partial charge on any atom is 0.416 e. The molecule has 2 amide bonds. The maximum atomic E-state index is 13.5. The summed E-state index contributed by atoms with van der Waals surface area (Å²) < 4.78 is 68.8. The van der Waals surface area contributed by atoms with Gasteiger partial charge in [-0.05, 0) is 60.5 Å². The minimum Gasteiger partial charge on any atom is -0.368 e. The summed E-state index contributed by atoms with van der Waals surface area (Å²) in [5.41, 5.74) is 4.85. The molecule has 4 rings (SSSR count). The molecule has 0 radical (unpaired) electrons. The fraction of sp³-hybridized carbons (Fsp3) is 0.286. The molecule has 1 aliphatic heterocycles. The molecule has 1 atom stereocenters. The van der Waals surface area contributed by atoms with Crippen molar-refractivity contribution in [3.8, 4) is 0 Å². The lowest BCUT2D eigenvalue weighted by atomic mass is 9.91. The van der Waals surface area contributed by atoms with Crippen molar-refractivity contribution in [3.05, 3.63) is 99.0 Å². The van der Waals surface area contributed by atoms with Crippen LogP contribution in [-0.4, -0.2) is 50.0 Å². The van der Waals surface area contributed by atoms with Crippen molar-refractivity contribution < 1.29 is 31.2 Å². The van der Waals surface area contributed by atoms with E-state index in [9.17, 15) is 31.2 Å². The summed E-state index contributed by atoms with van der Waals surface area (Å²) in [7, 11) is -4.11. The summed E-state index contributed by atoms with van der Waals surface area (Å²) in [6, 6.07) is 15.4. The molecule has 3 aromatic rings. The number of carbonyl (C=O) groups excluding carboxylic acids is 2. The summed E-state index contributed by atoms with van der Waals surface area (Å²) in [5.74, 6) is -2.57. The molecule has 224 valence electrons. The number of nitrogens with two attached hydrogens (primary N) is 1. The topological polar surface area (TPSA) is 122 Å². The third-order valence-electron chi connectivity index (χ3n) is 6.75. The highest BCUT2D eigenvalue weighted by Crippen LogP contribution is 2.36. The van der Waals surface area contributed by atoms with Gasteiger partial charge in [0.25, 0.3) is 5.91 Å². The van der Waals surface area contributed by atoms with Crippen LogP contribution in [0.1, 0.15) is 40.0 Å². The maximum absolute atomic E-state index is 13.5. The second kappa shape index (κ2) is 12.5. The van der Waals surface area contributed by atoms with Crippen LogP contribution < -0.4 is 15.8 Å². The van der Waals surface area contributed by atoms with E-state index >= 15 is 0 Å². The van der Waals surface area contributed by atoms with E-state index in [4.69, 9.17) is 28.9 Å². The number of benzene rings is 3. The fourth-order valence-corrected chi connectivity index (χ4v) is 6.34. The van der Waals surface area contributed by atoms with E-state index in [2.05, 4.69) is 14.9 Å². The van der Waals surface area contributed by atoms with Gasteiger partial charge in [-0.1, -0.05) is 47.5 Å². The molecular formula is C28H27Cl2F3N4O4S. The highest BCUT2D eigenvalue weighted by Gasteiger charge is 2.37. The van der Waals surface area contributed by atoms with Gasteiger partial charge in [0.2, 0.25) is 15.9 Å². The molecule has 0 bridgehead atoms. The number of primary amides is 1. The van der Waals surface area contributed by atoms with Crippen molar-refractivity contribution in [2.45, 2.75) is 25.2 Å². The van der Waals surface area contributed by atoms with Crippen LogP contribution in [0.4, 0.5) is 18.9 Å². The van der Waals surface area contributed by atoms with Crippen LogP contribution >= 0.6 is 23.2 Å². The molecule has 8 nitrogen and oxygen atoms in total. The van der Waals surface area contributed by atoms with Crippen LogP contribution in [0.2, 0.25) is 10.0 Å². The zero-order valence-electron chi connectivity index (χ0n) is 22.2. The molecule has 1 heterocycles. The monoisotopic (exact) mass is 642 g/mol. The minimum absolute atomic E-state index is 0.196. The first-order valence-corrected chi connectivity index (χ1v) is 15.1. The lowest BCUT2D eigenvalue weighted by Gasteiger charge is -2.44. The zero-order valence-corrected chi connectivity index (χ0v) is 24.5. The number of alkyl halides is 3. The van der Waals surface area contributed by atoms with Crippen molar-refractivity contribution in [3.63, 3.8) is 0 Å². The summed E-state index contributed by atoms with van der Waals surface area (Å²) in [4.78, 5) is 25.8. The first kappa shape index (κ1) is 31.6. The molecule has 1 unspecified atom stereocenters. The molecular weight excluding hydrogens is 616 g/mol. The SMILES string of the molecule is CC(NC(=O)c1cc(NS(=O)(=O)CC2CN(C(c3ccc(Cl)cc3)c3ccc(Cl)cc3)C2)cc(C(F)(F)F)c1)C(N)=O. The minimum atomic E-state index is -4.86. The molecule has 1 fully saturated rings. The lowest BCUT2D eigenvalue weighted by molar-refractivity contribution is -0.137. The Bertz CT molecular complexity index is 1520. The highest BCUT2D eigenvalue weighted by molar-refractivity contribution is 7.92. The van der Waals surface area contributed by atoms with Crippen molar-refractivity contribution in [1.29, 1.82) is 0 Å². The summed E-state index contributed by atoms with van der Waals surface area (Å²) in [6.07, 6.45) is -4.86. The van der Waals surface area contributed by atoms with Crippen LogP contribution in [0.3, 0.4) is 0 Å². The Hall–Kier alpha value is -3.32. The fourth-order valence-electron chi connectivity index (χ4n) is 4.69. The molecule has 0 spiro atoms. The van der Waals surface area contributed by atoms with E-state index in [0.717, 1.165) is 17.2 Å². The molecule has 3 aromatic carbocycles. The normalized spacial score (nSPS) is 15.2. The average Bonchev–Trinajstić information content (AvgIpc) is 2.88. The Morgan fingerprint density at radius 2 is 1.50 bits per heavy atom. The van der Waals surface area contributed by atoms with Gasteiger partial charge in [0.15, 0.2) is 0 Å². The third-order valence-corrected chi connectivity index (χ3v) is 8.71. The first-order valence-electron chi connectivity index (χ1n) is 12.7. The van der Waals surface area contributed by atoms with Crippen molar-refractivity contribution in [2.24, 2.45) is 11.7 Å². The predicted octanol–water partition coefficient (Wildman–Crippen LogP) is 5.08. The zero-order chi connectivity index (χ0) is 30.8. The van der Waals surface area contributed by atoms with Gasteiger partial charge in [-0.25, -0.2) is 8.42 Å². The number of anilines is 1. The van der Waals surface area contributed by atoms with Crippen LogP contribution in [0.5, 0.6) is 0 Å². The summed E-state index contributed by atoms with van der Waals surface area (Å²) in [5, 5.41) is 3.33. The van der Waals surface area contributed by atoms with Crippen molar-refractivity contribution in [1.82, 2.24) is 10.2 Å². The van der Waals surface area contributed by atoms with Gasteiger partial charge < -0.3 is 11.1 Å². The summed E-state index contributed by atoms with van der Waals surface area (Å²) in [6.45, 7) is 2.07. The van der Waals surface area contributed by atoms with E-state index in [1.807, 2.05) is 24.3 Å². The van der Waals surface area contributed by atoms with Gasteiger partial charge in [-0.2, -0.15) is 13.2 Å². The van der Waals surface area contributed by atoms with Crippen LogP contribution in [0, 0.1) is 5.92 Å². The van der Waals surface area contributed by atoms with E-state index in [0.29, 0.717) is 35.3 Å². The number of nitrogens with zero attached hydrogens (tertiary/aromatic N) is 1. The molecule has 42 heavy (non-hydrogen) atoms. The molecule has 1 aliphatic rings. The van der Waals surface area contributed by atoms with Crippen LogP contribution in [-0.2, 0) is 21.0 Å². The largest absolute Gasteiger partial charge is 0.416 e. The standard InChI is InChI=1S/C28H27Cl2F3N4O4S/c1-16(26(34)38)35-27(39)20-10-21(28(31,32)33)12-24(11-20)36-42(40,41)15-17-13-37(14-17)25(18-2-6-22(29)7-3-18)19-4-8-23(30)9-5-19/h2-12,16-17,25,36H,13-15H2,1H3,(H2,34,38)(H,35,39). The molecule has 0 saturated carbocycles. The van der Waals surface area contributed by atoms with Gasteiger partial charge in [0, 0.05) is 40.3 Å². The second-order valence-corrected chi connectivity index (χ2v) is 12.7. The predicted molar refractivity (Wildman–Crippen MR) is 155 cm³/mol. The second-order valence-electron chi connectivity index (χ2n) is 10.1. The number of hydrogen-bond donors (Lipinski definition) is 3. The quantitative estimate of drug-likeness (QED) is 0.285. The molecule has 14 heteroatoms. The molecule has 1 saturated heterocycles. The Balaban J connectivity index is 1.49. The Kier molecular flexibility index (Phi) is 9.41. The van der Waals surface area contributed by atoms with Gasteiger partial charge in [-0.3, -0.25) is 19.2 Å². The summed E-state index contributed by atoms with van der Waals surface area (Å²) >= 11 is 12.1. The molecule has 4 N–H and O–H groups in total. The van der Waals surface area contributed by atoms with Gasteiger partial charge in [0.1, 0.15) is 6.04 Å². The molecule has 0 aromatic heterocycles. The molecule has 0 aliphatic carbocycles. The van der Waals surface area contributed by atoms with Gasteiger partial charge in [-0.15, -0.1) is 0 Å². The van der Waals surface area contributed by atoms with Crippen molar-refractivity contribution >= 4 is 50.7 Å². The van der Waals surface area contributed by atoms with Gasteiger partial charge in [0.05, 0.1) is 17.4 Å². The first-order chi connectivity index (χ1) is 19.6. The number of hydrogen-bond acceptors (Lipinski definition) is 5. The number of halogens is 5. The smallest absolute Gasteiger partial charge is 0.368 e.